The van der Waals surface area contributed by atoms with Gasteiger partial charge < -0.3 is 10.0 Å². The second kappa shape index (κ2) is 7.45. The minimum Gasteiger partial charge on any atom is -0.508 e. The van der Waals surface area contributed by atoms with Crippen LogP contribution in [0.4, 0.5) is 4.79 Å². The van der Waals surface area contributed by atoms with Gasteiger partial charge in [0.05, 0.1) is 0 Å². The molecule has 26 heavy (non-hydrogen) atoms. The van der Waals surface area contributed by atoms with Crippen LogP contribution in [0.2, 0.25) is 5.02 Å². The summed E-state index contributed by atoms with van der Waals surface area (Å²) in [6.45, 7) is 6.77. The standard InChI is InChI=1S/C19H26ClN3O3/c1-13(2)5-8-23-18(26)21-17(25)19(23)6-9-22(10-7-19)12-14-11-15(20)3-4-16(14)24/h3-4,11,13,24H,5-10,12H2,1-2H3,(H,21,25,26). The third-order valence-corrected chi connectivity index (χ3v) is 5.69. The number of nitrogens with zero attached hydrogens (tertiary/aromatic N) is 2. The van der Waals surface area contributed by atoms with Crippen LogP contribution in [-0.4, -0.2) is 52.0 Å². The molecule has 142 valence electrons. The van der Waals surface area contributed by atoms with Gasteiger partial charge in [0.15, 0.2) is 0 Å². The van der Waals surface area contributed by atoms with E-state index in [1.165, 1.54) is 0 Å². The lowest BCUT2D eigenvalue weighted by molar-refractivity contribution is -0.129. The highest BCUT2D eigenvalue weighted by Gasteiger charge is 2.53. The van der Waals surface area contributed by atoms with Crippen molar-refractivity contribution in [3.63, 3.8) is 0 Å². The van der Waals surface area contributed by atoms with Gasteiger partial charge in [-0.2, -0.15) is 0 Å². The lowest BCUT2D eigenvalue weighted by atomic mass is 9.85. The maximum absolute atomic E-state index is 12.5. The summed E-state index contributed by atoms with van der Waals surface area (Å²) in [6, 6.07) is 4.76. The summed E-state index contributed by atoms with van der Waals surface area (Å²) in [7, 11) is 0. The highest BCUT2D eigenvalue weighted by Crippen LogP contribution is 2.35. The molecule has 3 rings (SSSR count). The number of phenols is 1. The lowest BCUT2D eigenvalue weighted by Crippen LogP contribution is -2.56. The van der Waals surface area contributed by atoms with Crippen molar-refractivity contribution in [2.75, 3.05) is 19.6 Å². The zero-order chi connectivity index (χ0) is 18.9. The number of nitrogens with one attached hydrogen (secondary N) is 1. The van der Waals surface area contributed by atoms with Gasteiger partial charge in [0.1, 0.15) is 11.3 Å². The molecule has 2 heterocycles. The van der Waals surface area contributed by atoms with Gasteiger partial charge in [-0.25, -0.2) is 4.79 Å². The largest absolute Gasteiger partial charge is 0.508 e. The van der Waals surface area contributed by atoms with Crippen molar-refractivity contribution in [3.05, 3.63) is 28.8 Å². The fourth-order valence-electron chi connectivity index (χ4n) is 3.80. The van der Waals surface area contributed by atoms with Crippen LogP contribution in [0.25, 0.3) is 0 Å². The van der Waals surface area contributed by atoms with E-state index in [1.807, 2.05) is 0 Å². The molecule has 0 unspecified atom stereocenters. The number of urea groups is 1. The lowest BCUT2D eigenvalue weighted by Gasteiger charge is -2.42. The molecule has 0 saturated carbocycles. The van der Waals surface area contributed by atoms with Gasteiger partial charge in [0.2, 0.25) is 0 Å². The van der Waals surface area contributed by atoms with E-state index in [0.29, 0.717) is 50.0 Å². The van der Waals surface area contributed by atoms with E-state index in [1.54, 1.807) is 23.1 Å². The fraction of sp³-hybridized carbons (Fsp3) is 0.579. The minimum atomic E-state index is -0.723. The number of halogens is 1. The average molecular weight is 380 g/mol. The zero-order valence-corrected chi connectivity index (χ0v) is 16.1. The predicted molar refractivity (Wildman–Crippen MR) is 100 cm³/mol. The number of hydrogen-bond donors (Lipinski definition) is 2. The SMILES string of the molecule is CC(C)CCN1C(=O)NC(=O)C12CCN(Cc1cc(Cl)ccc1O)CC2. The number of carbonyl (C=O) groups is 2. The first-order valence-electron chi connectivity index (χ1n) is 9.14. The first kappa shape index (κ1) is 19.0. The van der Waals surface area contributed by atoms with E-state index < -0.39 is 5.54 Å². The van der Waals surface area contributed by atoms with Crippen molar-refractivity contribution < 1.29 is 14.7 Å². The third-order valence-electron chi connectivity index (χ3n) is 5.45. The highest BCUT2D eigenvalue weighted by molar-refractivity contribution is 6.30. The van der Waals surface area contributed by atoms with Gasteiger partial charge in [0, 0.05) is 36.8 Å². The first-order chi connectivity index (χ1) is 12.3. The maximum Gasteiger partial charge on any atom is 0.325 e. The van der Waals surface area contributed by atoms with Gasteiger partial charge in [-0.05, 0) is 43.4 Å². The van der Waals surface area contributed by atoms with Crippen molar-refractivity contribution in [1.29, 1.82) is 0 Å². The topological polar surface area (TPSA) is 72.9 Å². The van der Waals surface area contributed by atoms with Crippen molar-refractivity contribution in [3.8, 4) is 5.75 Å². The molecule has 1 aromatic carbocycles. The molecule has 2 fully saturated rings. The Kier molecular flexibility index (Phi) is 5.44. The number of rotatable bonds is 5. The van der Waals surface area contributed by atoms with Gasteiger partial charge in [-0.3, -0.25) is 15.0 Å². The van der Waals surface area contributed by atoms with E-state index >= 15 is 0 Å². The number of aromatic hydroxyl groups is 1. The van der Waals surface area contributed by atoms with Crippen LogP contribution in [0.3, 0.4) is 0 Å². The number of imide groups is 1. The Morgan fingerprint density at radius 2 is 1.96 bits per heavy atom. The second-order valence-electron chi connectivity index (χ2n) is 7.67. The maximum atomic E-state index is 12.5. The second-order valence-corrected chi connectivity index (χ2v) is 8.11. The number of amides is 3. The Bertz CT molecular complexity index is 699. The number of phenolic OH excluding ortho intramolecular Hbond substituents is 1. The molecule has 7 heteroatoms. The van der Waals surface area contributed by atoms with E-state index in [9.17, 15) is 14.7 Å². The van der Waals surface area contributed by atoms with Crippen molar-refractivity contribution >= 4 is 23.5 Å². The van der Waals surface area contributed by atoms with Crippen LogP contribution in [0.5, 0.6) is 5.75 Å². The molecular formula is C19H26ClN3O3. The van der Waals surface area contributed by atoms with Gasteiger partial charge in [-0.15, -0.1) is 0 Å². The molecule has 1 aromatic rings. The monoisotopic (exact) mass is 379 g/mol. The Morgan fingerprint density at radius 1 is 1.27 bits per heavy atom. The fourth-order valence-corrected chi connectivity index (χ4v) is 4.00. The number of likely N-dealkylation sites (tertiary alicyclic amines) is 1. The summed E-state index contributed by atoms with van der Waals surface area (Å²) < 4.78 is 0. The summed E-state index contributed by atoms with van der Waals surface area (Å²) in [6.07, 6.45) is 2.08. The van der Waals surface area contributed by atoms with Crippen LogP contribution >= 0.6 is 11.6 Å². The third kappa shape index (κ3) is 3.67. The van der Waals surface area contributed by atoms with Crippen molar-refractivity contribution in [1.82, 2.24) is 15.1 Å². The molecule has 0 aliphatic carbocycles. The van der Waals surface area contributed by atoms with Crippen LogP contribution < -0.4 is 5.32 Å². The summed E-state index contributed by atoms with van der Waals surface area (Å²) >= 11 is 6.02. The molecule has 0 atom stereocenters. The molecule has 2 aliphatic rings. The predicted octanol–water partition coefficient (Wildman–Crippen LogP) is 2.98. The number of benzene rings is 1. The first-order valence-corrected chi connectivity index (χ1v) is 9.52. The smallest absolute Gasteiger partial charge is 0.325 e. The Hall–Kier alpha value is -1.79. The molecule has 2 aliphatic heterocycles. The molecule has 0 aromatic heterocycles. The molecule has 1 spiro atoms. The quantitative estimate of drug-likeness (QED) is 0.771. The van der Waals surface area contributed by atoms with Gasteiger partial charge >= 0.3 is 6.03 Å². The Labute approximate surface area is 159 Å². The molecule has 0 radical (unpaired) electrons. The highest BCUT2D eigenvalue weighted by atomic mass is 35.5. The molecule has 6 nitrogen and oxygen atoms in total. The van der Waals surface area contributed by atoms with E-state index in [0.717, 1.165) is 12.0 Å². The Balaban J connectivity index is 1.68. The van der Waals surface area contributed by atoms with Gasteiger partial charge in [-0.1, -0.05) is 25.4 Å². The normalized spacial score (nSPS) is 20.2. The summed E-state index contributed by atoms with van der Waals surface area (Å²) in [5.74, 6) is 0.528. The van der Waals surface area contributed by atoms with E-state index in [4.69, 9.17) is 11.6 Å². The Morgan fingerprint density at radius 3 is 2.62 bits per heavy atom. The van der Waals surface area contributed by atoms with E-state index in [2.05, 4.69) is 24.1 Å². The van der Waals surface area contributed by atoms with Crippen molar-refractivity contribution in [2.24, 2.45) is 5.92 Å². The summed E-state index contributed by atoms with van der Waals surface area (Å²) in [5.41, 5.74) is 0.0517. The molecule has 2 saturated heterocycles. The summed E-state index contributed by atoms with van der Waals surface area (Å²) in [5, 5.41) is 13.1. The minimum absolute atomic E-state index is 0.170. The molecule has 0 bridgehead atoms. The van der Waals surface area contributed by atoms with Crippen molar-refractivity contribution in [2.45, 2.75) is 45.2 Å². The summed E-state index contributed by atoms with van der Waals surface area (Å²) in [4.78, 5) is 28.7. The van der Waals surface area contributed by atoms with Gasteiger partial charge in [0.25, 0.3) is 5.91 Å². The number of piperidine rings is 1. The van der Waals surface area contributed by atoms with Crippen LogP contribution in [0.15, 0.2) is 18.2 Å². The van der Waals surface area contributed by atoms with Crippen LogP contribution in [0, 0.1) is 5.92 Å². The van der Waals surface area contributed by atoms with Crippen LogP contribution in [0.1, 0.15) is 38.7 Å². The number of hydrogen-bond acceptors (Lipinski definition) is 4. The zero-order valence-electron chi connectivity index (χ0n) is 15.3. The number of carbonyl (C=O) groups excluding carboxylic acids is 2. The van der Waals surface area contributed by atoms with Crippen LogP contribution in [-0.2, 0) is 11.3 Å². The molecule has 3 amide bonds. The average Bonchev–Trinajstić information content (AvgIpc) is 2.81. The van der Waals surface area contributed by atoms with E-state index in [-0.39, 0.29) is 17.7 Å². The molecule has 2 N–H and O–H groups in total. The molecular weight excluding hydrogens is 354 g/mol.